The number of hydrogen-bond donors (Lipinski definition) is 2. The Hall–Kier alpha value is -2.19. The lowest BCUT2D eigenvalue weighted by atomic mass is 10.2. The van der Waals surface area contributed by atoms with Crippen LogP contribution in [0.25, 0.3) is 0 Å². The number of aryl methyl sites for hydroxylation is 2. The minimum Gasteiger partial charge on any atom is -0.326 e. The average Bonchev–Trinajstić information content (AvgIpc) is 2.91. The molecule has 1 aromatic carbocycles. The molecule has 2 aromatic rings. The van der Waals surface area contributed by atoms with E-state index in [4.69, 9.17) is 5.14 Å². The first-order chi connectivity index (χ1) is 9.86. The zero-order chi connectivity index (χ0) is 15.5. The molecule has 3 N–H and O–H groups in total. The number of benzene rings is 1. The molecule has 0 aliphatic rings. The summed E-state index contributed by atoms with van der Waals surface area (Å²) in [5.41, 5.74) is 1.20. The molecule has 21 heavy (non-hydrogen) atoms. The number of aromatic nitrogens is 2. The number of primary sulfonamides is 1. The second kappa shape index (κ2) is 6.06. The fraction of sp³-hybridized carbons (Fsp3) is 0.231. The molecular weight excluding hydrogens is 292 g/mol. The molecule has 0 unspecified atom stereocenters. The average molecular weight is 308 g/mol. The van der Waals surface area contributed by atoms with E-state index in [0.29, 0.717) is 17.8 Å². The van der Waals surface area contributed by atoms with Gasteiger partial charge in [0.25, 0.3) is 0 Å². The van der Waals surface area contributed by atoms with Gasteiger partial charge in [-0.05, 0) is 36.8 Å². The third kappa shape index (κ3) is 4.14. The molecule has 0 bridgehead atoms. The summed E-state index contributed by atoms with van der Waals surface area (Å²) in [6.45, 7) is 2.19. The molecule has 112 valence electrons. The molecule has 7 nitrogen and oxygen atoms in total. The highest BCUT2D eigenvalue weighted by atomic mass is 32.2. The van der Waals surface area contributed by atoms with Crippen LogP contribution in [0.2, 0.25) is 0 Å². The number of carbonyl (C=O) groups excluding carboxylic acids is 1. The normalized spacial score (nSPS) is 11.3. The summed E-state index contributed by atoms with van der Waals surface area (Å²) < 4.78 is 24.1. The molecule has 2 rings (SSSR count). The summed E-state index contributed by atoms with van der Waals surface area (Å²) in [6, 6.07) is 6.11. The quantitative estimate of drug-likeness (QED) is 0.854. The van der Waals surface area contributed by atoms with Gasteiger partial charge in [0.05, 0.1) is 4.90 Å². The van der Waals surface area contributed by atoms with Crippen LogP contribution in [-0.4, -0.2) is 24.1 Å². The summed E-state index contributed by atoms with van der Waals surface area (Å²) >= 11 is 0. The van der Waals surface area contributed by atoms with E-state index in [2.05, 4.69) is 10.4 Å². The van der Waals surface area contributed by atoms with E-state index in [1.807, 2.05) is 0 Å². The van der Waals surface area contributed by atoms with E-state index in [-0.39, 0.29) is 17.2 Å². The Morgan fingerprint density at radius 3 is 2.76 bits per heavy atom. The van der Waals surface area contributed by atoms with Crippen LogP contribution < -0.4 is 10.5 Å². The SMILES string of the molecule is Cc1cc(S(N)(=O)=O)ccc1NC(=O)CCn1cccn1. The predicted octanol–water partition coefficient (Wildman–Crippen LogP) is 0.868. The maximum absolute atomic E-state index is 11.8. The smallest absolute Gasteiger partial charge is 0.238 e. The van der Waals surface area contributed by atoms with Gasteiger partial charge in [-0.3, -0.25) is 9.48 Å². The van der Waals surface area contributed by atoms with Crippen molar-refractivity contribution in [2.45, 2.75) is 24.8 Å². The lowest BCUT2D eigenvalue weighted by Crippen LogP contribution is -2.16. The van der Waals surface area contributed by atoms with Gasteiger partial charge in [0.1, 0.15) is 0 Å². The topological polar surface area (TPSA) is 107 Å². The van der Waals surface area contributed by atoms with E-state index in [1.165, 1.54) is 18.2 Å². The fourth-order valence-electron chi connectivity index (χ4n) is 1.81. The summed E-state index contributed by atoms with van der Waals surface area (Å²) in [4.78, 5) is 11.9. The van der Waals surface area contributed by atoms with Gasteiger partial charge in [0.15, 0.2) is 0 Å². The summed E-state index contributed by atoms with van der Waals surface area (Å²) in [6.07, 6.45) is 3.70. The lowest BCUT2D eigenvalue weighted by Gasteiger charge is -2.09. The van der Waals surface area contributed by atoms with Crippen molar-refractivity contribution >= 4 is 21.6 Å². The number of nitrogens with one attached hydrogen (secondary N) is 1. The molecule has 0 fully saturated rings. The number of carbonyl (C=O) groups is 1. The Morgan fingerprint density at radius 1 is 1.43 bits per heavy atom. The van der Waals surface area contributed by atoms with Crippen LogP contribution in [-0.2, 0) is 21.4 Å². The number of anilines is 1. The Kier molecular flexibility index (Phi) is 4.39. The van der Waals surface area contributed by atoms with Gasteiger partial charge in [-0.2, -0.15) is 5.10 Å². The van der Waals surface area contributed by atoms with Crippen molar-refractivity contribution in [3.8, 4) is 0 Å². The highest BCUT2D eigenvalue weighted by molar-refractivity contribution is 7.89. The predicted molar refractivity (Wildman–Crippen MR) is 78.0 cm³/mol. The summed E-state index contributed by atoms with van der Waals surface area (Å²) in [5, 5.41) is 11.8. The van der Waals surface area contributed by atoms with Crippen LogP contribution in [0, 0.1) is 6.92 Å². The van der Waals surface area contributed by atoms with Crippen LogP contribution in [0.15, 0.2) is 41.6 Å². The Balaban J connectivity index is 2.01. The Bertz CT molecular complexity index is 739. The van der Waals surface area contributed by atoms with E-state index < -0.39 is 10.0 Å². The number of nitrogens with zero attached hydrogens (tertiary/aromatic N) is 2. The number of rotatable bonds is 5. The van der Waals surface area contributed by atoms with Crippen LogP contribution in [0.5, 0.6) is 0 Å². The van der Waals surface area contributed by atoms with E-state index >= 15 is 0 Å². The van der Waals surface area contributed by atoms with Gasteiger partial charge in [-0.15, -0.1) is 0 Å². The van der Waals surface area contributed by atoms with Gasteiger partial charge >= 0.3 is 0 Å². The van der Waals surface area contributed by atoms with Crippen molar-refractivity contribution in [3.63, 3.8) is 0 Å². The zero-order valence-corrected chi connectivity index (χ0v) is 12.3. The molecule has 0 radical (unpaired) electrons. The van der Waals surface area contributed by atoms with Gasteiger partial charge < -0.3 is 5.32 Å². The van der Waals surface area contributed by atoms with Crippen molar-refractivity contribution in [1.82, 2.24) is 9.78 Å². The molecule has 1 amide bonds. The highest BCUT2D eigenvalue weighted by Gasteiger charge is 2.11. The van der Waals surface area contributed by atoms with E-state index in [9.17, 15) is 13.2 Å². The molecule has 0 atom stereocenters. The first-order valence-electron chi connectivity index (χ1n) is 6.27. The number of sulfonamides is 1. The zero-order valence-electron chi connectivity index (χ0n) is 11.5. The summed E-state index contributed by atoms with van der Waals surface area (Å²) in [7, 11) is -3.73. The number of nitrogens with two attached hydrogens (primary N) is 1. The molecule has 8 heteroatoms. The van der Waals surface area contributed by atoms with Gasteiger partial charge in [0.2, 0.25) is 15.9 Å². The Labute approximate surface area is 122 Å². The molecular formula is C13H16N4O3S. The maximum atomic E-state index is 11.8. The molecule has 1 aromatic heterocycles. The molecule has 0 saturated heterocycles. The number of amides is 1. The first-order valence-corrected chi connectivity index (χ1v) is 7.81. The highest BCUT2D eigenvalue weighted by Crippen LogP contribution is 2.19. The maximum Gasteiger partial charge on any atom is 0.238 e. The van der Waals surface area contributed by atoms with Crippen molar-refractivity contribution in [2.24, 2.45) is 5.14 Å². The lowest BCUT2D eigenvalue weighted by molar-refractivity contribution is -0.116. The van der Waals surface area contributed by atoms with Crippen molar-refractivity contribution < 1.29 is 13.2 Å². The minimum absolute atomic E-state index is 0.0227. The third-order valence-corrected chi connectivity index (χ3v) is 3.84. The third-order valence-electron chi connectivity index (χ3n) is 2.93. The Morgan fingerprint density at radius 2 is 2.19 bits per heavy atom. The van der Waals surface area contributed by atoms with Crippen molar-refractivity contribution in [3.05, 3.63) is 42.2 Å². The van der Waals surface area contributed by atoms with Gasteiger partial charge in [0, 0.05) is 31.0 Å². The van der Waals surface area contributed by atoms with Crippen LogP contribution in [0.1, 0.15) is 12.0 Å². The molecule has 0 aliphatic heterocycles. The standard InChI is InChI=1S/C13H16N4O3S/c1-10-9-11(21(14,19)20)3-4-12(10)16-13(18)5-8-17-7-2-6-15-17/h2-4,6-7,9H,5,8H2,1H3,(H,16,18)(H2,14,19,20). The van der Waals surface area contributed by atoms with Crippen molar-refractivity contribution in [2.75, 3.05) is 5.32 Å². The molecule has 0 aliphatic carbocycles. The number of hydrogen-bond acceptors (Lipinski definition) is 4. The first kappa shape index (κ1) is 15.2. The van der Waals surface area contributed by atoms with Crippen LogP contribution >= 0.6 is 0 Å². The monoisotopic (exact) mass is 308 g/mol. The minimum atomic E-state index is -3.73. The molecule has 1 heterocycles. The molecule has 0 saturated carbocycles. The van der Waals surface area contributed by atoms with Gasteiger partial charge in [-0.25, -0.2) is 13.6 Å². The van der Waals surface area contributed by atoms with Crippen LogP contribution in [0.4, 0.5) is 5.69 Å². The second-order valence-electron chi connectivity index (χ2n) is 4.59. The van der Waals surface area contributed by atoms with E-state index in [0.717, 1.165) is 0 Å². The largest absolute Gasteiger partial charge is 0.326 e. The second-order valence-corrected chi connectivity index (χ2v) is 6.15. The van der Waals surface area contributed by atoms with Crippen molar-refractivity contribution in [1.29, 1.82) is 0 Å². The van der Waals surface area contributed by atoms with Gasteiger partial charge in [-0.1, -0.05) is 0 Å². The fourth-order valence-corrected chi connectivity index (χ4v) is 2.41. The van der Waals surface area contributed by atoms with E-state index in [1.54, 1.807) is 30.1 Å². The summed E-state index contributed by atoms with van der Waals surface area (Å²) in [5.74, 6) is -0.169. The van der Waals surface area contributed by atoms with Crippen LogP contribution in [0.3, 0.4) is 0 Å². The molecule has 0 spiro atoms.